The van der Waals surface area contributed by atoms with Gasteiger partial charge in [-0.3, -0.25) is 14.9 Å². The number of rotatable bonds is 5. The highest BCUT2D eigenvalue weighted by Gasteiger charge is 2.43. The van der Waals surface area contributed by atoms with E-state index in [2.05, 4.69) is 76.6 Å². The van der Waals surface area contributed by atoms with Crippen LogP contribution in [0.5, 0.6) is 0 Å². The van der Waals surface area contributed by atoms with Crippen molar-refractivity contribution in [2.45, 2.75) is 31.3 Å². The molecule has 146 valence electrons. The van der Waals surface area contributed by atoms with Crippen LogP contribution >= 0.6 is 0 Å². The number of nitrogens with zero attached hydrogens (tertiary/aromatic N) is 3. The Morgan fingerprint density at radius 2 is 1.52 bits per heavy atom. The molecule has 0 radical (unpaired) electrons. The molecule has 1 unspecified atom stereocenters. The van der Waals surface area contributed by atoms with Crippen molar-refractivity contribution in [3.63, 3.8) is 0 Å². The summed E-state index contributed by atoms with van der Waals surface area (Å²) in [7, 11) is 0. The molecule has 3 saturated heterocycles. The number of piperidine rings is 3. The Kier molecular flexibility index (Phi) is 5.23. The molecule has 0 aliphatic carbocycles. The summed E-state index contributed by atoms with van der Waals surface area (Å²) in [5, 5.41) is 0. The van der Waals surface area contributed by atoms with Gasteiger partial charge >= 0.3 is 0 Å². The Bertz CT molecular complexity index is 906. The zero-order valence-electron chi connectivity index (χ0n) is 16.7. The molecule has 3 heteroatoms. The molecule has 0 amide bonds. The molecule has 3 aromatic rings. The Morgan fingerprint density at radius 1 is 0.862 bits per heavy atom. The smallest absolute Gasteiger partial charge is 0.0655 e. The van der Waals surface area contributed by atoms with E-state index in [1.807, 2.05) is 18.5 Å². The Labute approximate surface area is 173 Å². The van der Waals surface area contributed by atoms with Gasteiger partial charge < -0.3 is 0 Å². The lowest BCUT2D eigenvalue weighted by Crippen LogP contribution is -2.58. The van der Waals surface area contributed by atoms with E-state index >= 15 is 0 Å². The summed E-state index contributed by atoms with van der Waals surface area (Å²) in [6.07, 6.45) is 6.23. The monoisotopic (exact) mass is 381 g/mol. The maximum absolute atomic E-state index is 5.22. The number of aliphatic imine (C=N–C) groups is 1. The van der Waals surface area contributed by atoms with E-state index in [1.54, 1.807) is 0 Å². The summed E-state index contributed by atoms with van der Waals surface area (Å²) in [6.45, 7) is 3.08. The van der Waals surface area contributed by atoms with Crippen LogP contribution in [0.25, 0.3) is 0 Å². The van der Waals surface area contributed by atoms with Crippen LogP contribution in [0.2, 0.25) is 0 Å². The molecule has 3 aliphatic heterocycles. The second kappa shape index (κ2) is 8.30. The minimum atomic E-state index is 0.313. The van der Waals surface area contributed by atoms with Gasteiger partial charge in [-0.25, -0.2) is 0 Å². The second-order valence-corrected chi connectivity index (χ2v) is 8.16. The maximum Gasteiger partial charge on any atom is 0.0655 e. The van der Waals surface area contributed by atoms with E-state index in [-0.39, 0.29) is 0 Å². The molecule has 0 saturated carbocycles. The quantitative estimate of drug-likeness (QED) is 0.626. The minimum Gasteiger partial charge on any atom is -0.294 e. The highest BCUT2D eigenvalue weighted by atomic mass is 15.2. The van der Waals surface area contributed by atoms with Gasteiger partial charge in [0.25, 0.3) is 0 Å². The second-order valence-electron chi connectivity index (χ2n) is 8.16. The lowest BCUT2D eigenvalue weighted by atomic mass is 9.72. The van der Waals surface area contributed by atoms with Crippen LogP contribution in [0.3, 0.4) is 0 Å². The van der Waals surface area contributed by atoms with Crippen molar-refractivity contribution in [2.24, 2.45) is 10.9 Å². The number of aromatic nitrogens is 1. The number of benzene rings is 2. The molecule has 1 aromatic heterocycles. The molecule has 0 N–H and O–H groups in total. The number of hydrogen-bond donors (Lipinski definition) is 0. The largest absolute Gasteiger partial charge is 0.294 e. The van der Waals surface area contributed by atoms with Crippen molar-refractivity contribution < 1.29 is 0 Å². The predicted molar refractivity (Wildman–Crippen MR) is 118 cm³/mol. The number of hydrogen-bond acceptors (Lipinski definition) is 3. The lowest BCUT2D eigenvalue weighted by Gasteiger charge is -2.49. The number of pyridine rings is 1. The van der Waals surface area contributed by atoms with Crippen molar-refractivity contribution in [1.82, 2.24) is 9.88 Å². The van der Waals surface area contributed by atoms with Crippen LogP contribution in [0.4, 0.5) is 0 Å². The summed E-state index contributed by atoms with van der Waals surface area (Å²) < 4.78 is 0. The number of fused-ring (bicyclic) bond motifs is 3. The van der Waals surface area contributed by atoms with Crippen LogP contribution in [-0.2, 0) is 6.54 Å². The average Bonchev–Trinajstić information content (AvgIpc) is 2.81. The SMILES string of the molecule is c1ccc(C(c2ccccc2)C2C(=NCc3cccnc3)C3CCN2CC3)cc1. The van der Waals surface area contributed by atoms with Crippen LogP contribution < -0.4 is 0 Å². The Balaban J connectivity index is 1.57. The van der Waals surface area contributed by atoms with Gasteiger partial charge in [0.15, 0.2) is 0 Å². The van der Waals surface area contributed by atoms with Crippen molar-refractivity contribution in [2.75, 3.05) is 13.1 Å². The highest BCUT2D eigenvalue weighted by Crippen LogP contribution is 2.40. The van der Waals surface area contributed by atoms with Gasteiger partial charge in [0.2, 0.25) is 0 Å². The van der Waals surface area contributed by atoms with Crippen LogP contribution in [-0.4, -0.2) is 34.7 Å². The molecule has 3 nitrogen and oxygen atoms in total. The summed E-state index contributed by atoms with van der Waals surface area (Å²) in [5.74, 6) is 0.921. The van der Waals surface area contributed by atoms with Crippen LogP contribution in [0.1, 0.15) is 35.4 Å². The Hall–Kier alpha value is -2.78. The topological polar surface area (TPSA) is 28.5 Å². The summed E-state index contributed by atoms with van der Waals surface area (Å²) in [4.78, 5) is 12.2. The van der Waals surface area contributed by atoms with Gasteiger partial charge in [-0.1, -0.05) is 66.7 Å². The van der Waals surface area contributed by atoms with E-state index in [9.17, 15) is 0 Å². The normalized spacial score (nSPS) is 24.9. The van der Waals surface area contributed by atoms with Gasteiger partial charge in [0.1, 0.15) is 0 Å². The summed E-state index contributed by atoms with van der Waals surface area (Å²) >= 11 is 0. The third-order valence-electron chi connectivity index (χ3n) is 6.44. The van der Waals surface area contributed by atoms with E-state index in [4.69, 9.17) is 4.99 Å². The fourth-order valence-corrected chi connectivity index (χ4v) is 5.06. The highest BCUT2D eigenvalue weighted by molar-refractivity contribution is 5.94. The average molecular weight is 382 g/mol. The third kappa shape index (κ3) is 3.75. The lowest BCUT2D eigenvalue weighted by molar-refractivity contribution is 0.135. The predicted octanol–water partition coefficient (Wildman–Crippen LogP) is 4.95. The van der Waals surface area contributed by atoms with Gasteiger partial charge in [-0.15, -0.1) is 0 Å². The van der Waals surface area contributed by atoms with Gasteiger partial charge in [0.05, 0.1) is 12.6 Å². The summed E-state index contributed by atoms with van der Waals surface area (Å²) in [5.41, 5.74) is 5.34. The van der Waals surface area contributed by atoms with Crippen molar-refractivity contribution in [1.29, 1.82) is 0 Å². The molecule has 4 heterocycles. The van der Waals surface area contributed by atoms with Gasteiger partial charge in [-0.2, -0.15) is 0 Å². The van der Waals surface area contributed by atoms with Crippen molar-refractivity contribution in [3.05, 3.63) is 102 Å². The molecule has 1 atom stereocenters. The molecule has 0 spiro atoms. The standard InChI is InChI=1S/C26H27N3/c1-3-9-21(10-4-1)24(22-11-5-2-6-12-22)26-25(23-13-16-29(26)17-14-23)28-19-20-8-7-15-27-18-20/h1-12,15,18,23-24,26H,13-14,16-17,19H2. The summed E-state index contributed by atoms with van der Waals surface area (Å²) in [6, 6.07) is 26.4. The van der Waals surface area contributed by atoms with Crippen molar-refractivity contribution >= 4 is 5.71 Å². The maximum atomic E-state index is 5.22. The molecule has 3 aliphatic rings. The van der Waals surface area contributed by atoms with E-state index in [0.29, 0.717) is 17.9 Å². The molecular formula is C26H27N3. The minimum absolute atomic E-state index is 0.313. The first-order chi connectivity index (χ1) is 14.4. The van der Waals surface area contributed by atoms with E-state index in [1.165, 1.54) is 48.3 Å². The van der Waals surface area contributed by atoms with Crippen LogP contribution in [0.15, 0.2) is 90.2 Å². The molecule has 6 rings (SSSR count). The Morgan fingerprint density at radius 3 is 2.10 bits per heavy atom. The van der Waals surface area contributed by atoms with Crippen LogP contribution in [0, 0.1) is 5.92 Å². The van der Waals surface area contributed by atoms with E-state index < -0.39 is 0 Å². The van der Waals surface area contributed by atoms with Gasteiger partial charge in [-0.05, 0) is 48.7 Å². The zero-order valence-corrected chi connectivity index (χ0v) is 16.7. The first-order valence-electron chi connectivity index (χ1n) is 10.7. The molecule has 3 fully saturated rings. The van der Waals surface area contributed by atoms with Gasteiger partial charge in [0, 0.05) is 29.9 Å². The molecular weight excluding hydrogens is 354 g/mol. The molecule has 29 heavy (non-hydrogen) atoms. The molecule has 2 bridgehead atoms. The molecule has 2 aromatic carbocycles. The van der Waals surface area contributed by atoms with E-state index in [0.717, 1.165) is 6.54 Å². The first-order valence-corrected chi connectivity index (χ1v) is 10.7. The van der Waals surface area contributed by atoms with Crippen molar-refractivity contribution in [3.8, 4) is 0 Å². The third-order valence-corrected chi connectivity index (χ3v) is 6.44. The fourth-order valence-electron chi connectivity index (χ4n) is 5.06. The first kappa shape index (κ1) is 18.3. The fraction of sp³-hybridized carbons (Fsp3) is 0.308. The zero-order chi connectivity index (χ0) is 19.5.